The van der Waals surface area contributed by atoms with Gasteiger partial charge in [0, 0.05) is 36.6 Å². The fourth-order valence-corrected chi connectivity index (χ4v) is 5.55. The van der Waals surface area contributed by atoms with Gasteiger partial charge in [-0.05, 0) is 29.8 Å². The van der Waals surface area contributed by atoms with Gasteiger partial charge in [-0.2, -0.15) is 0 Å². The SMILES string of the molecule is CN(C)S(=O)(=O)c1ccccc1CNC(=O)COC(=O)c1cc2c(s1)-c1ccccc1OC2. The van der Waals surface area contributed by atoms with Crippen LogP contribution < -0.4 is 10.1 Å². The predicted octanol–water partition coefficient (Wildman–Crippen LogP) is 3.03. The molecule has 33 heavy (non-hydrogen) atoms. The Labute approximate surface area is 195 Å². The molecule has 172 valence electrons. The number of sulfonamides is 1. The third kappa shape index (κ3) is 4.77. The lowest BCUT2D eigenvalue weighted by Crippen LogP contribution is -2.30. The molecule has 0 radical (unpaired) electrons. The van der Waals surface area contributed by atoms with Crippen LogP contribution in [0.3, 0.4) is 0 Å². The molecule has 0 saturated carbocycles. The summed E-state index contributed by atoms with van der Waals surface area (Å²) in [6.45, 7) is -0.121. The highest BCUT2D eigenvalue weighted by Crippen LogP contribution is 2.42. The fraction of sp³-hybridized carbons (Fsp3) is 0.217. The first-order valence-corrected chi connectivity index (χ1v) is 12.3. The van der Waals surface area contributed by atoms with Crippen LogP contribution in [0.15, 0.2) is 59.5 Å². The minimum Gasteiger partial charge on any atom is -0.488 e. The minimum atomic E-state index is -3.65. The molecule has 0 unspecified atom stereocenters. The first-order chi connectivity index (χ1) is 15.8. The van der Waals surface area contributed by atoms with Crippen molar-refractivity contribution in [1.82, 2.24) is 9.62 Å². The molecule has 0 saturated heterocycles. The second-order valence-corrected chi connectivity index (χ2v) is 10.7. The third-order valence-electron chi connectivity index (χ3n) is 5.07. The lowest BCUT2D eigenvalue weighted by atomic mass is 10.1. The summed E-state index contributed by atoms with van der Waals surface area (Å²) in [6, 6.07) is 15.7. The van der Waals surface area contributed by atoms with Crippen LogP contribution in [-0.2, 0) is 32.7 Å². The van der Waals surface area contributed by atoms with Gasteiger partial charge in [-0.15, -0.1) is 11.3 Å². The number of esters is 1. The van der Waals surface area contributed by atoms with E-state index >= 15 is 0 Å². The first-order valence-electron chi connectivity index (χ1n) is 10.1. The van der Waals surface area contributed by atoms with Gasteiger partial charge >= 0.3 is 5.97 Å². The van der Waals surface area contributed by atoms with Crippen LogP contribution in [0.4, 0.5) is 0 Å². The molecule has 2 heterocycles. The molecule has 3 aromatic rings. The Balaban J connectivity index is 1.37. The van der Waals surface area contributed by atoms with Gasteiger partial charge in [0.15, 0.2) is 6.61 Å². The second kappa shape index (κ2) is 9.34. The topological polar surface area (TPSA) is 102 Å². The van der Waals surface area contributed by atoms with Crippen molar-refractivity contribution in [3.05, 3.63) is 70.6 Å². The number of thiophene rings is 1. The maximum absolute atomic E-state index is 12.5. The summed E-state index contributed by atoms with van der Waals surface area (Å²) >= 11 is 1.30. The molecule has 10 heteroatoms. The Kier molecular flexibility index (Phi) is 6.50. The summed E-state index contributed by atoms with van der Waals surface area (Å²) < 4.78 is 36.9. The lowest BCUT2D eigenvalue weighted by molar-refractivity contribution is -0.124. The van der Waals surface area contributed by atoms with Crippen molar-refractivity contribution in [2.24, 2.45) is 0 Å². The van der Waals surface area contributed by atoms with Gasteiger partial charge in [0.2, 0.25) is 10.0 Å². The summed E-state index contributed by atoms with van der Waals surface area (Å²) in [5.41, 5.74) is 2.26. The quantitative estimate of drug-likeness (QED) is 0.515. The van der Waals surface area contributed by atoms with Gasteiger partial charge in [-0.25, -0.2) is 17.5 Å². The largest absolute Gasteiger partial charge is 0.488 e. The van der Waals surface area contributed by atoms with E-state index in [2.05, 4.69) is 5.32 Å². The van der Waals surface area contributed by atoms with E-state index in [4.69, 9.17) is 9.47 Å². The maximum atomic E-state index is 12.5. The number of amides is 1. The van der Waals surface area contributed by atoms with E-state index in [1.165, 1.54) is 31.5 Å². The summed E-state index contributed by atoms with van der Waals surface area (Å²) in [7, 11) is -0.769. The Hall–Kier alpha value is -3.21. The fourth-order valence-electron chi connectivity index (χ4n) is 3.35. The molecule has 0 spiro atoms. The zero-order valence-electron chi connectivity index (χ0n) is 18.0. The monoisotopic (exact) mass is 486 g/mol. The summed E-state index contributed by atoms with van der Waals surface area (Å²) in [4.78, 5) is 26.2. The molecule has 1 aliphatic rings. The van der Waals surface area contributed by atoms with E-state index in [-0.39, 0.29) is 11.4 Å². The van der Waals surface area contributed by atoms with Crippen LogP contribution in [0.1, 0.15) is 20.8 Å². The number of fused-ring (bicyclic) bond motifs is 3. The molecule has 4 rings (SSSR count). The number of benzene rings is 2. The van der Waals surface area contributed by atoms with Crippen LogP contribution in [0, 0.1) is 0 Å². The zero-order chi connectivity index (χ0) is 23.6. The number of ether oxygens (including phenoxy) is 2. The number of hydrogen-bond donors (Lipinski definition) is 1. The average molecular weight is 487 g/mol. The molecule has 1 amide bonds. The van der Waals surface area contributed by atoms with Gasteiger partial charge in [0.25, 0.3) is 5.91 Å². The Morgan fingerprint density at radius 2 is 1.85 bits per heavy atom. The number of carbonyl (C=O) groups is 2. The molecule has 1 aromatic heterocycles. The average Bonchev–Trinajstić information content (AvgIpc) is 3.26. The summed E-state index contributed by atoms with van der Waals surface area (Å²) in [6.07, 6.45) is 0. The number of rotatable bonds is 7. The van der Waals surface area contributed by atoms with Gasteiger partial charge in [-0.1, -0.05) is 30.3 Å². The number of carbonyl (C=O) groups excluding carboxylic acids is 2. The van der Waals surface area contributed by atoms with E-state index in [0.29, 0.717) is 17.0 Å². The van der Waals surface area contributed by atoms with Gasteiger partial charge in [-0.3, -0.25) is 4.79 Å². The van der Waals surface area contributed by atoms with E-state index in [9.17, 15) is 18.0 Å². The highest BCUT2D eigenvalue weighted by Gasteiger charge is 2.24. The zero-order valence-corrected chi connectivity index (χ0v) is 19.7. The molecular weight excluding hydrogens is 464 g/mol. The molecule has 8 nitrogen and oxygen atoms in total. The molecule has 1 aliphatic heterocycles. The molecule has 0 atom stereocenters. The van der Waals surface area contributed by atoms with Crippen LogP contribution in [0.2, 0.25) is 0 Å². The van der Waals surface area contributed by atoms with Crippen molar-refractivity contribution in [2.75, 3.05) is 20.7 Å². The van der Waals surface area contributed by atoms with Crippen molar-refractivity contribution in [3.8, 4) is 16.2 Å². The van der Waals surface area contributed by atoms with E-state index < -0.39 is 28.5 Å². The van der Waals surface area contributed by atoms with Gasteiger partial charge < -0.3 is 14.8 Å². The highest BCUT2D eigenvalue weighted by atomic mass is 32.2. The molecule has 1 N–H and O–H groups in total. The van der Waals surface area contributed by atoms with Gasteiger partial charge in [0.05, 0.1) is 4.90 Å². The molecule has 0 fully saturated rings. The van der Waals surface area contributed by atoms with Crippen LogP contribution >= 0.6 is 11.3 Å². The predicted molar refractivity (Wildman–Crippen MR) is 124 cm³/mol. The lowest BCUT2D eigenvalue weighted by Gasteiger charge is -2.16. The third-order valence-corrected chi connectivity index (χ3v) is 8.17. The number of nitrogens with zero attached hydrogens (tertiary/aromatic N) is 1. The van der Waals surface area contributed by atoms with Crippen molar-refractivity contribution in [3.63, 3.8) is 0 Å². The molecule has 2 aromatic carbocycles. The van der Waals surface area contributed by atoms with Crippen molar-refractivity contribution >= 4 is 33.2 Å². The maximum Gasteiger partial charge on any atom is 0.348 e. The Morgan fingerprint density at radius 3 is 2.64 bits per heavy atom. The van der Waals surface area contributed by atoms with Crippen LogP contribution in [0.25, 0.3) is 10.4 Å². The smallest absolute Gasteiger partial charge is 0.348 e. The summed E-state index contributed by atoms with van der Waals surface area (Å²) in [5, 5.41) is 2.60. The Morgan fingerprint density at radius 1 is 1.12 bits per heavy atom. The van der Waals surface area contributed by atoms with Crippen molar-refractivity contribution in [1.29, 1.82) is 0 Å². The number of nitrogens with one attached hydrogen (secondary N) is 1. The van der Waals surface area contributed by atoms with Crippen molar-refractivity contribution < 1.29 is 27.5 Å². The van der Waals surface area contributed by atoms with E-state index in [0.717, 1.165) is 26.1 Å². The highest BCUT2D eigenvalue weighted by molar-refractivity contribution is 7.89. The molecular formula is C23H22N2O6S2. The minimum absolute atomic E-state index is 0.0128. The first kappa shape index (κ1) is 23.0. The van der Waals surface area contributed by atoms with Crippen LogP contribution in [0.5, 0.6) is 5.75 Å². The number of para-hydroxylation sites is 1. The standard InChI is InChI=1S/C23H22N2O6S2/c1-25(2)33(28,29)20-10-6-3-7-15(20)12-24-21(26)14-31-23(27)19-11-16-13-30-18-9-5-4-8-17(18)22(16)32-19/h3-11H,12-14H2,1-2H3,(H,24,26). The van der Waals surface area contributed by atoms with Gasteiger partial charge in [0.1, 0.15) is 17.2 Å². The second-order valence-electron chi connectivity index (χ2n) is 7.50. The van der Waals surface area contributed by atoms with Crippen LogP contribution in [-0.4, -0.2) is 45.3 Å². The van der Waals surface area contributed by atoms with E-state index in [1.54, 1.807) is 24.3 Å². The van der Waals surface area contributed by atoms with Crippen molar-refractivity contribution in [2.45, 2.75) is 18.0 Å². The molecule has 0 bridgehead atoms. The molecule has 0 aliphatic carbocycles. The van der Waals surface area contributed by atoms with E-state index in [1.807, 2.05) is 24.3 Å². The number of hydrogen-bond acceptors (Lipinski definition) is 7. The normalized spacial score (nSPS) is 12.5. The Bertz CT molecular complexity index is 1310. The summed E-state index contributed by atoms with van der Waals surface area (Å²) in [5.74, 6) is -0.365.